The van der Waals surface area contributed by atoms with E-state index < -0.39 is 0 Å². The van der Waals surface area contributed by atoms with Gasteiger partial charge >= 0.3 is 0 Å². The van der Waals surface area contributed by atoms with Crippen molar-refractivity contribution in [2.75, 3.05) is 0 Å². The molecule has 1 unspecified atom stereocenters. The molecule has 2 aliphatic heterocycles. The van der Waals surface area contributed by atoms with E-state index in [-0.39, 0.29) is 5.41 Å². The fourth-order valence-corrected chi connectivity index (χ4v) is 3.11. The van der Waals surface area contributed by atoms with Crippen LogP contribution < -0.4 is 0 Å². The molecule has 4 aliphatic rings. The molecule has 0 aromatic rings. The second-order valence-electron chi connectivity index (χ2n) is 4.80. The third kappa shape index (κ3) is 1.08. The normalized spacial score (nSPS) is 32.5. The molecule has 2 heterocycles. The van der Waals surface area contributed by atoms with Gasteiger partial charge in [0.15, 0.2) is 0 Å². The molecule has 17 heavy (non-hydrogen) atoms. The molecule has 2 nitrogen and oxygen atoms in total. The highest BCUT2D eigenvalue weighted by molar-refractivity contribution is 5.75. The van der Waals surface area contributed by atoms with Crippen LogP contribution in [0.4, 0.5) is 0 Å². The van der Waals surface area contributed by atoms with Crippen LogP contribution in [0.1, 0.15) is 19.3 Å². The third-order valence-corrected chi connectivity index (χ3v) is 3.87. The Balaban J connectivity index is 2.03. The van der Waals surface area contributed by atoms with Gasteiger partial charge in [0.2, 0.25) is 0 Å². The van der Waals surface area contributed by atoms with Crippen LogP contribution in [0.25, 0.3) is 0 Å². The van der Waals surface area contributed by atoms with Crippen molar-refractivity contribution < 1.29 is 4.74 Å². The first-order chi connectivity index (χ1) is 8.40. The van der Waals surface area contributed by atoms with Crippen molar-refractivity contribution in [1.29, 1.82) is 0 Å². The van der Waals surface area contributed by atoms with E-state index in [0.717, 1.165) is 30.8 Å². The quantitative estimate of drug-likeness (QED) is 0.616. The van der Waals surface area contributed by atoms with Crippen molar-refractivity contribution in [1.82, 2.24) is 0 Å². The third-order valence-electron chi connectivity index (χ3n) is 3.87. The zero-order chi connectivity index (χ0) is 11.3. The van der Waals surface area contributed by atoms with Gasteiger partial charge in [0.25, 0.3) is 0 Å². The predicted molar refractivity (Wildman–Crippen MR) is 67.3 cm³/mol. The van der Waals surface area contributed by atoms with E-state index in [0.29, 0.717) is 0 Å². The van der Waals surface area contributed by atoms with Gasteiger partial charge in [-0.3, -0.25) is 4.99 Å². The first-order valence-corrected chi connectivity index (χ1v) is 6.11. The highest BCUT2D eigenvalue weighted by atomic mass is 16.5. The van der Waals surface area contributed by atoms with Crippen LogP contribution in [-0.2, 0) is 4.74 Å². The molecule has 0 N–H and O–H groups in total. The first-order valence-electron chi connectivity index (χ1n) is 6.11. The maximum Gasteiger partial charge on any atom is 0.129 e. The van der Waals surface area contributed by atoms with E-state index >= 15 is 0 Å². The summed E-state index contributed by atoms with van der Waals surface area (Å²) in [5, 5.41) is 0. The van der Waals surface area contributed by atoms with Crippen LogP contribution >= 0.6 is 0 Å². The zero-order valence-electron chi connectivity index (χ0n) is 9.52. The highest BCUT2D eigenvalue weighted by Crippen LogP contribution is 2.56. The average Bonchev–Trinajstić information content (AvgIpc) is 2.58. The van der Waals surface area contributed by atoms with Crippen molar-refractivity contribution in [3.8, 4) is 0 Å². The molecule has 4 rings (SSSR count). The molecule has 2 aliphatic carbocycles. The first kappa shape index (κ1) is 9.23. The summed E-state index contributed by atoms with van der Waals surface area (Å²) in [6, 6.07) is 0. The molecular weight excluding hydrogens is 210 g/mol. The Morgan fingerprint density at radius 2 is 2.29 bits per heavy atom. The van der Waals surface area contributed by atoms with Gasteiger partial charge < -0.3 is 4.74 Å². The summed E-state index contributed by atoms with van der Waals surface area (Å²) < 4.78 is 6.02. The van der Waals surface area contributed by atoms with E-state index in [1.807, 2.05) is 6.21 Å². The number of aliphatic imine (C=N–C) groups is 1. The Morgan fingerprint density at radius 3 is 3.29 bits per heavy atom. The number of rotatable bonds is 0. The topological polar surface area (TPSA) is 21.6 Å². The van der Waals surface area contributed by atoms with E-state index in [9.17, 15) is 0 Å². The van der Waals surface area contributed by atoms with Gasteiger partial charge in [0, 0.05) is 17.5 Å². The fourth-order valence-electron chi connectivity index (χ4n) is 3.11. The SMILES string of the molecule is C1=CCC23C=CC=NC4=C2C(=CCC4)OC3=C1. The molecular formula is C15H13NO. The minimum absolute atomic E-state index is 0.0766. The number of nitrogens with zero attached hydrogens (tertiary/aromatic N) is 1. The molecule has 0 bridgehead atoms. The second-order valence-corrected chi connectivity index (χ2v) is 4.80. The summed E-state index contributed by atoms with van der Waals surface area (Å²) in [6.45, 7) is 0. The summed E-state index contributed by atoms with van der Waals surface area (Å²) in [5.41, 5.74) is 2.42. The van der Waals surface area contributed by atoms with Crippen LogP contribution in [0.5, 0.6) is 0 Å². The second kappa shape index (κ2) is 3.10. The minimum atomic E-state index is -0.0766. The van der Waals surface area contributed by atoms with E-state index in [4.69, 9.17) is 4.74 Å². The molecule has 84 valence electrons. The highest BCUT2D eigenvalue weighted by Gasteiger charge is 2.48. The van der Waals surface area contributed by atoms with E-state index in [2.05, 4.69) is 41.4 Å². The predicted octanol–water partition coefficient (Wildman–Crippen LogP) is 3.42. The Bertz CT molecular complexity index is 572. The molecule has 0 aromatic heterocycles. The molecule has 2 heteroatoms. The lowest BCUT2D eigenvalue weighted by atomic mass is 9.72. The molecule has 0 amide bonds. The van der Waals surface area contributed by atoms with Gasteiger partial charge in [-0.15, -0.1) is 0 Å². The molecule has 0 radical (unpaired) electrons. The monoisotopic (exact) mass is 223 g/mol. The van der Waals surface area contributed by atoms with Gasteiger partial charge in [-0.25, -0.2) is 0 Å². The number of allylic oxidation sites excluding steroid dienone is 8. The van der Waals surface area contributed by atoms with Gasteiger partial charge in [-0.05, 0) is 37.5 Å². The van der Waals surface area contributed by atoms with Crippen LogP contribution in [0.2, 0.25) is 0 Å². The average molecular weight is 223 g/mol. The molecule has 1 fully saturated rings. The summed E-state index contributed by atoms with van der Waals surface area (Å²) in [7, 11) is 0. The van der Waals surface area contributed by atoms with Gasteiger partial charge in [0.05, 0.1) is 5.41 Å². The van der Waals surface area contributed by atoms with Crippen molar-refractivity contribution in [3.05, 3.63) is 59.2 Å². The van der Waals surface area contributed by atoms with Crippen molar-refractivity contribution in [3.63, 3.8) is 0 Å². The molecule has 1 saturated heterocycles. The molecule has 1 atom stereocenters. The van der Waals surface area contributed by atoms with E-state index in [1.165, 1.54) is 11.3 Å². The van der Waals surface area contributed by atoms with Gasteiger partial charge in [-0.1, -0.05) is 18.2 Å². The summed E-state index contributed by atoms with van der Waals surface area (Å²) in [5.74, 6) is 2.09. The van der Waals surface area contributed by atoms with Crippen molar-refractivity contribution >= 4 is 6.21 Å². The van der Waals surface area contributed by atoms with Crippen LogP contribution in [0.15, 0.2) is 64.2 Å². The minimum Gasteiger partial charge on any atom is -0.460 e. The lowest BCUT2D eigenvalue weighted by molar-refractivity contribution is 0.305. The van der Waals surface area contributed by atoms with Crippen molar-refractivity contribution in [2.45, 2.75) is 19.3 Å². The van der Waals surface area contributed by atoms with Crippen LogP contribution in [0.3, 0.4) is 0 Å². The van der Waals surface area contributed by atoms with E-state index in [1.54, 1.807) is 0 Å². The summed E-state index contributed by atoms with van der Waals surface area (Å²) in [6.07, 6.45) is 17.8. The number of hydrogen-bond donors (Lipinski definition) is 0. The maximum atomic E-state index is 6.02. The largest absolute Gasteiger partial charge is 0.460 e. The Labute approximate surface area is 100 Å². The molecule has 0 saturated carbocycles. The Morgan fingerprint density at radius 1 is 1.29 bits per heavy atom. The standard InChI is InChI=1S/C15H13NO/c1-2-8-15-9-4-10-16-11-5-3-6-12(14(11)15)17-13(15)7-1/h1-2,4,6-7,9-10H,3,5,8H2. The Kier molecular flexibility index (Phi) is 1.68. The number of ether oxygens (including phenoxy) is 1. The lowest BCUT2D eigenvalue weighted by Gasteiger charge is -2.27. The van der Waals surface area contributed by atoms with Gasteiger partial charge in [0.1, 0.15) is 11.5 Å². The smallest absolute Gasteiger partial charge is 0.129 e. The molecule has 0 aromatic carbocycles. The molecule has 1 spiro atoms. The summed E-state index contributed by atoms with van der Waals surface area (Å²) in [4.78, 5) is 4.57. The number of hydrogen-bond acceptors (Lipinski definition) is 2. The van der Waals surface area contributed by atoms with Crippen LogP contribution in [-0.4, -0.2) is 6.21 Å². The Hall–Kier alpha value is -1.83. The zero-order valence-corrected chi connectivity index (χ0v) is 9.52. The lowest BCUT2D eigenvalue weighted by Crippen LogP contribution is -2.20. The van der Waals surface area contributed by atoms with Crippen LogP contribution in [0, 0.1) is 5.41 Å². The van der Waals surface area contributed by atoms with Gasteiger partial charge in [-0.2, -0.15) is 0 Å². The maximum absolute atomic E-state index is 6.02. The van der Waals surface area contributed by atoms with Crippen molar-refractivity contribution in [2.24, 2.45) is 10.4 Å². The summed E-state index contributed by atoms with van der Waals surface area (Å²) >= 11 is 0. The fraction of sp³-hybridized carbons (Fsp3) is 0.267.